The van der Waals surface area contributed by atoms with Gasteiger partial charge in [-0.3, -0.25) is 4.79 Å². The summed E-state index contributed by atoms with van der Waals surface area (Å²) in [4.78, 5) is 22.8. The number of carbonyl (C=O) groups is 1. The number of piperidine rings is 2. The minimum atomic E-state index is 0.0881. The average molecular weight is 481 g/mol. The van der Waals surface area contributed by atoms with Gasteiger partial charge < -0.3 is 19.9 Å². The van der Waals surface area contributed by atoms with Crippen molar-refractivity contribution in [3.8, 4) is 0 Å². The van der Waals surface area contributed by atoms with Gasteiger partial charge in [0.2, 0.25) is 11.8 Å². The number of hydrogen-bond acceptors (Lipinski definition) is 5. The topological polar surface area (TPSA) is 57.2 Å². The molecule has 1 aliphatic carbocycles. The first-order valence-electron chi connectivity index (χ1n) is 14.1. The molecule has 4 aliphatic rings. The zero-order valence-corrected chi connectivity index (χ0v) is 21.8. The molecule has 3 aliphatic heterocycles. The zero-order chi connectivity index (χ0) is 24.2. The molecule has 1 N–H and O–H groups in total. The monoisotopic (exact) mass is 480 g/mol. The van der Waals surface area contributed by atoms with E-state index in [1.807, 2.05) is 6.07 Å². The number of amides is 1. The Morgan fingerprint density at radius 2 is 1.83 bits per heavy atom. The fraction of sp³-hybridized carbons (Fsp3) is 0.724. The Hall–Kier alpha value is -1.92. The van der Waals surface area contributed by atoms with E-state index in [4.69, 9.17) is 9.73 Å². The Kier molecular flexibility index (Phi) is 8.08. The van der Waals surface area contributed by atoms with Crippen LogP contribution in [0.5, 0.6) is 0 Å². The minimum Gasteiger partial charge on any atom is -0.472 e. The summed E-state index contributed by atoms with van der Waals surface area (Å²) in [6.45, 7) is 11.6. The lowest BCUT2D eigenvalue weighted by Gasteiger charge is -2.41. The van der Waals surface area contributed by atoms with Gasteiger partial charge in [-0.05, 0) is 95.5 Å². The molecular weight excluding hydrogens is 436 g/mol. The van der Waals surface area contributed by atoms with Crippen LogP contribution >= 0.6 is 0 Å². The number of hydrogen-bond donors (Lipinski definition) is 1. The summed E-state index contributed by atoms with van der Waals surface area (Å²) < 4.78 is 6.12. The summed E-state index contributed by atoms with van der Waals surface area (Å²) in [6.07, 6.45) is 8.79. The first-order chi connectivity index (χ1) is 17.0. The summed E-state index contributed by atoms with van der Waals surface area (Å²) in [5.41, 5.74) is 2.30. The number of likely N-dealkylation sites (tertiary alicyclic amines) is 2. The van der Waals surface area contributed by atoms with Crippen LogP contribution in [0.4, 0.5) is 0 Å². The van der Waals surface area contributed by atoms with Crippen LogP contribution in [0.2, 0.25) is 0 Å². The van der Waals surface area contributed by atoms with Gasteiger partial charge >= 0.3 is 0 Å². The highest BCUT2D eigenvalue weighted by Crippen LogP contribution is 2.34. The van der Waals surface area contributed by atoms with Crippen molar-refractivity contribution in [2.45, 2.75) is 70.9 Å². The van der Waals surface area contributed by atoms with E-state index in [1.165, 1.54) is 44.3 Å². The van der Waals surface area contributed by atoms with Crippen LogP contribution in [0.25, 0.3) is 0 Å². The van der Waals surface area contributed by atoms with Crippen LogP contribution in [0, 0.1) is 24.7 Å². The van der Waals surface area contributed by atoms with Crippen molar-refractivity contribution < 1.29 is 9.53 Å². The third-order valence-electron chi connectivity index (χ3n) is 8.78. The van der Waals surface area contributed by atoms with Gasteiger partial charge in [0.05, 0.1) is 0 Å². The van der Waals surface area contributed by atoms with Crippen LogP contribution < -0.4 is 5.32 Å². The minimum absolute atomic E-state index is 0.0881. The molecule has 6 nitrogen and oxygen atoms in total. The van der Waals surface area contributed by atoms with Crippen LogP contribution in [-0.2, 0) is 9.53 Å². The molecule has 3 heterocycles. The largest absolute Gasteiger partial charge is 0.472 e. The maximum Gasteiger partial charge on any atom is 0.223 e. The highest BCUT2D eigenvalue weighted by Gasteiger charge is 2.33. The number of aryl methyl sites for hydroxylation is 1. The number of fused-ring (bicyclic) bond motifs is 2. The highest BCUT2D eigenvalue weighted by atomic mass is 16.5. The third kappa shape index (κ3) is 6.26. The van der Waals surface area contributed by atoms with E-state index in [2.05, 4.69) is 47.2 Å². The van der Waals surface area contributed by atoms with Gasteiger partial charge in [-0.15, -0.1) is 0 Å². The van der Waals surface area contributed by atoms with Crippen LogP contribution in [0.1, 0.15) is 63.0 Å². The second kappa shape index (κ2) is 11.4. The van der Waals surface area contributed by atoms with Gasteiger partial charge in [0, 0.05) is 37.7 Å². The molecule has 2 saturated heterocycles. The lowest BCUT2D eigenvalue weighted by Crippen LogP contribution is -2.45. The molecule has 1 saturated carbocycles. The molecule has 6 heteroatoms. The smallest absolute Gasteiger partial charge is 0.223 e. The van der Waals surface area contributed by atoms with Crippen LogP contribution in [0.3, 0.4) is 0 Å². The van der Waals surface area contributed by atoms with Crippen molar-refractivity contribution in [1.29, 1.82) is 0 Å². The molecule has 35 heavy (non-hydrogen) atoms. The van der Waals surface area contributed by atoms with Gasteiger partial charge in [-0.2, -0.15) is 0 Å². The Balaban J connectivity index is 1.00. The normalized spacial score (nSPS) is 30.1. The Morgan fingerprint density at radius 1 is 1.09 bits per heavy atom. The second-order valence-electron chi connectivity index (χ2n) is 11.5. The lowest BCUT2D eigenvalue weighted by atomic mass is 9.78. The Bertz CT molecular complexity index is 882. The first kappa shape index (κ1) is 24.8. The summed E-state index contributed by atoms with van der Waals surface area (Å²) >= 11 is 0. The number of nitrogens with one attached hydrogen (secondary N) is 1. The first-order valence-corrected chi connectivity index (χ1v) is 14.1. The molecule has 0 spiro atoms. The third-order valence-corrected chi connectivity index (χ3v) is 8.78. The molecule has 0 radical (unpaired) electrons. The van der Waals surface area contributed by atoms with Crippen LogP contribution in [0.15, 0.2) is 29.3 Å². The zero-order valence-electron chi connectivity index (χ0n) is 21.8. The number of aliphatic imine (C=N–C) groups is 1. The van der Waals surface area contributed by atoms with Crippen molar-refractivity contribution >= 4 is 11.8 Å². The predicted molar refractivity (Wildman–Crippen MR) is 141 cm³/mol. The number of rotatable bonds is 8. The van der Waals surface area contributed by atoms with Crippen molar-refractivity contribution in [2.24, 2.45) is 22.7 Å². The SMILES string of the molecule is Cc1ccccc1C1=NC(CN2CCC(C(=O)NCCCN3CC4CCCC(C4)C3)CC2)C(C)O1. The van der Waals surface area contributed by atoms with E-state index < -0.39 is 0 Å². The van der Waals surface area contributed by atoms with Gasteiger partial charge in [0.15, 0.2) is 0 Å². The van der Waals surface area contributed by atoms with Crippen molar-refractivity contribution in [2.75, 3.05) is 45.8 Å². The predicted octanol–water partition coefficient (Wildman–Crippen LogP) is 3.87. The van der Waals surface area contributed by atoms with E-state index in [0.29, 0.717) is 0 Å². The maximum absolute atomic E-state index is 12.8. The molecule has 4 atom stereocenters. The van der Waals surface area contributed by atoms with E-state index in [0.717, 1.165) is 75.3 Å². The molecule has 3 fully saturated rings. The molecule has 4 unspecified atom stereocenters. The van der Waals surface area contributed by atoms with Crippen molar-refractivity contribution in [3.63, 3.8) is 0 Å². The lowest BCUT2D eigenvalue weighted by molar-refractivity contribution is -0.126. The van der Waals surface area contributed by atoms with E-state index in [1.54, 1.807) is 0 Å². The molecular formula is C29H44N4O2. The van der Waals surface area contributed by atoms with E-state index >= 15 is 0 Å². The Morgan fingerprint density at radius 3 is 2.57 bits per heavy atom. The molecule has 1 aromatic rings. The second-order valence-corrected chi connectivity index (χ2v) is 11.5. The van der Waals surface area contributed by atoms with Crippen LogP contribution in [-0.4, -0.2) is 79.6 Å². The molecule has 1 amide bonds. The summed E-state index contributed by atoms with van der Waals surface area (Å²) in [5.74, 6) is 3.06. The molecule has 0 aromatic heterocycles. The van der Waals surface area contributed by atoms with Gasteiger partial charge in [-0.25, -0.2) is 4.99 Å². The number of carbonyl (C=O) groups excluding carboxylic acids is 1. The number of nitrogens with zero attached hydrogens (tertiary/aromatic N) is 3. The molecule has 5 rings (SSSR count). The average Bonchev–Trinajstić information content (AvgIpc) is 3.22. The van der Waals surface area contributed by atoms with Crippen molar-refractivity contribution in [1.82, 2.24) is 15.1 Å². The summed E-state index contributed by atoms with van der Waals surface area (Å²) in [7, 11) is 0. The standard InChI is InChI=1S/C29H44N4O2/c1-21-7-3-4-10-26(21)29-31-27(22(2)35-29)20-32-15-11-25(12-16-32)28(34)30-13-6-14-33-18-23-8-5-9-24(17-23)19-33/h3-4,7,10,22-25,27H,5-6,8-9,11-20H2,1-2H3,(H,30,34). The number of benzene rings is 1. The molecule has 192 valence electrons. The quantitative estimate of drug-likeness (QED) is 0.574. The highest BCUT2D eigenvalue weighted by molar-refractivity contribution is 5.96. The van der Waals surface area contributed by atoms with Crippen molar-refractivity contribution in [3.05, 3.63) is 35.4 Å². The fourth-order valence-corrected chi connectivity index (χ4v) is 6.70. The summed E-state index contributed by atoms with van der Waals surface area (Å²) in [6, 6.07) is 8.44. The van der Waals surface area contributed by atoms with Gasteiger partial charge in [0.25, 0.3) is 0 Å². The Labute approximate surface area is 211 Å². The summed E-state index contributed by atoms with van der Waals surface area (Å²) in [5, 5.41) is 3.24. The van der Waals surface area contributed by atoms with E-state index in [-0.39, 0.29) is 24.0 Å². The number of ether oxygens (including phenoxy) is 1. The molecule has 2 bridgehead atoms. The fourth-order valence-electron chi connectivity index (χ4n) is 6.70. The maximum atomic E-state index is 12.8. The van der Waals surface area contributed by atoms with Gasteiger partial charge in [-0.1, -0.05) is 24.6 Å². The van der Waals surface area contributed by atoms with Gasteiger partial charge in [0.1, 0.15) is 12.1 Å². The molecule has 1 aromatic carbocycles. The van der Waals surface area contributed by atoms with E-state index in [9.17, 15) is 4.79 Å².